The van der Waals surface area contributed by atoms with Crippen LogP contribution in [0.4, 0.5) is 17.1 Å². The SMILES string of the molecule is Cl.N[C@@H]1CCC[C@H]1CC(=O)Nc1ccc(Nc2ccccc2)cc1. The number of hydrogen-bond acceptors (Lipinski definition) is 3. The van der Waals surface area contributed by atoms with E-state index in [0.717, 1.165) is 36.3 Å². The van der Waals surface area contributed by atoms with Crippen LogP contribution in [-0.4, -0.2) is 11.9 Å². The number of carbonyl (C=O) groups excluding carboxylic acids is 1. The van der Waals surface area contributed by atoms with E-state index >= 15 is 0 Å². The molecule has 0 saturated heterocycles. The van der Waals surface area contributed by atoms with Crippen LogP contribution in [0.25, 0.3) is 0 Å². The summed E-state index contributed by atoms with van der Waals surface area (Å²) in [7, 11) is 0. The Hall–Kier alpha value is -2.04. The van der Waals surface area contributed by atoms with Crippen LogP contribution in [0.3, 0.4) is 0 Å². The maximum atomic E-state index is 12.1. The van der Waals surface area contributed by atoms with Crippen LogP contribution in [0.5, 0.6) is 0 Å². The lowest BCUT2D eigenvalue weighted by molar-refractivity contribution is -0.117. The van der Waals surface area contributed by atoms with E-state index in [1.165, 1.54) is 0 Å². The molecule has 0 aliphatic heterocycles. The van der Waals surface area contributed by atoms with Gasteiger partial charge in [-0.2, -0.15) is 0 Å². The summed E-state index contributed by atoms with van der Waals surface area (Å²) in [5, 5.41) is 6.28. The van der Waals surface area contributed by atoms with Crippen LogP contribution in [0, 0.1) is 5.92 Å². The second-order valence-corrected chi connectivity index (χ2v) is 6.18. The van der Waals surface area contributed by atoms with Crippen LogP contribution < -0.4 is 16.4 Å². The number of hydrogen-bond donors (Lipinski definition) is 3. The summed E-state index contributed by atoms with van der Waals surface area (Å²) in [6.45, 7) is 0. The summed E-state index contributed by atoms with van der Waals surface area (Å²) in [4.78, 5) is 12.1. The fraction of sp³-hybridized carbons (Fsp3) is 0.316. The Morgan fingerprint density at radius 3 is 2.21 bits per heavy atom. The van der Waals surface area contributed by atoms with Gasteiger partial charge >= 0.3 is 0 Å². The van der Waals surface area contributed by atoms with Gasteiger partial charge < -0.3 is 16.4 Å². The molecule has 128 valence electrons. The highest BCUT2D eigenvalue weighted by atomic mass is 35.5. The third kappa shape index (κ3) is 4.98. The summed E-state index contributed by atoms with van der Waals surface area (Å²) >= 11 is 0. The van der Waals surface area contributed by atoms with E-state index in [9.17, 15) is 4.79 Å². The van der Waals surface area contributed by atoms with Gasteiger partial charge in [0.05, 0.1) is 0 Å². The molecule has 0 spiro atoms. The number of benzene rings is 2. The highest BCUT2D eigenvalue weighted by Gasteiger charge is 2.25. The topological polar surface area (TPSA) is 67.2 Å². The van der Waals surface area contributed by atoms with Gasteiger partial charge in [-0.15, -0.1) is 12.4 Å². The molecule has 0 bridgehead atoms. The monoisotopic (exact) mass is 345 g/mol. The molecule has 1 saturated carbocycles. The number of amides is 1. The molecule has 0 unspecified atom stereocenters. The summed E-state index contributed by atoms with van der Waals surface area (Å²) < 4.78 is 0. The van der Waals surface area contributed by atoms with Gasteiger partial charge in [0.25, 0.3) is 0 Å². The van der Waals surface area contributed by atoms with Gasteiger partial charge in [-0.1, -0.05) is 24.6 Å². The first kappa shape index (κ1) is 18.3. The number of rotatable bonds is 5. The van der Waals surface area contributed by atoms with Gasteiger partial charge in [0.2, 0.25) is 5.91 Å². The zero-order valence-electron chi connectivity index (χ0n) is 13.6. The first-order valence-corrected chi connectivity index (χ1v) is 8.18. The van der Waals surface area contributed by atoms with Gasteiger partial charge in [-0.05, 0) is 55.2 Å². The van der Waals surface area contributed by atoms with Gasteiger partial charge in [-0.25, -0.2) is 0 Å². The maximum Gasteiger partial charge on any atom is 0.224 e. The summed E-state index contributed by atoms with van der Waals surface area (Å²) in [6, 6.07) is 17.9. The number of carbonyl (C=O) groups is 1. The smallest absolute Gasteiger partial charge is 0.224 e. The van der Waals surface area contributed by atoms with Crippen LogP contribution >= 0.6 is 12.4 Å². The van der Waals surface area contributed by atoms with E-state index in [1.54, 1.807) is 0 Å². The number of nitrogens with two attached hydrogens (primary N) is 1. The van der Waals surface area contributed by atoms with Crippen molar-refractivity contribution >= 4 is 35.4 Å². The quantitative estimate of drug-likeness (QED) is 0.756. The Bertz CT molecular complexity index is 645. The molecule has 1 amide bonds. The molecule has 0 aromatic heterocycles. The van der Waals surface area contributed by atoms with Gasteiger partial charge in [-0.3, -0.25) is 4.79 Å². The summed E-state index contributed by atoms with van der Waals surface area (Å²) in [5.41, 5.74) is 8.88. The van der Waals surface area contributed by atoms with Crippen molar-refractivity contribution in [3.05, 3.63) is 54.6 Å². The average Bonchev–Trinajstić information content (AvgIpc) is 2.95. The molecule has 1 fully saturated rings. The first-order valence-electron chi connectivity index (χ1n) is 8.18. The van der Waals surface area contributed by atoms with Crippen molar-refractivity contribution < 1.29 is 4.79 Å². The normalized spacial score (nSPS) is 19.4. The number of anilines is 3. The third-order valence-electron chi connectivity index (χ3n) is 4.40. The molecule has 1 aliphatic rings. The van der Waals surface area contributed by atoms with Crippen molar-refractivity contribution in [2.75, 3.05) is 10.6 Å². The molecular weight excluding hydrogens is 322 g/mol. The molecular formula is C19H24ClN3O. The minimum atomic E-state index is 0. The molecule has 5 heteroatoms. The zero-order valence-corrected chi connectivity index (χ0v) is 14.4. The second kappa shape index (κ2) is 8.71. The lowest BCUT2D eigenvalue weighted by atomic mass is 10.00. The van der Waals surface area contributed by atoms with Crippen molar-refractivity contribution in [2.24, 2.45) is 11.7 Å². The van der Waals surface area contributed by atoms with E-state index in [1.807, 2.05) is 54.6 Å². The van der Waals surface area contributed by atoms with Gasteiger partial charge in [0.15, 0.2) is 0 Å². The van der Waals surface area contributed by atoms with Crippen LogP contribution in [0.2, 0.25) is 0 Å². The summed E-state index contributed by atoms with van der Waals surface area (Å²) in [6.07, 6.45) is 3.76. The summed E-state index contributed by atoms with van der Waals surface area (Å²) in [5.74, 6) is 0.380. The second-order valence-electron chi connectivity index (χ2n) is 6.18. The van der Waals surface area contributed by atoms with Crippen LogP contribution in [-0.2, 0) is 4.79 Å². The van der Waals surface area contributed by atoms with E-state index in [2.05, 4.69) is 10.6 Å². The maximum absolute atomic E-state index is 12.1. The van der Waals surface area contributed by atoms with Gasteiger partial charge in [0, 0.05) is 29.5 Å². The predicted octanol–water partition coefficient (Wildman–Crippen LogP) is 4.31. The average molecular weight is 346 g/mol. The lowest BCUT2D eigenvalue weighted by Crippen LogP contribution is -2.28. The van der Waals surface area contributed by atoms with Crippen molar-refractivity contribution in [3.8, 4) is 0 Å². The van der Waals surface area contributed by atoms with Crippen molar-refractivity contribution in [3.63, 3.8) is 0 Å². The zero-order chi connectivity index (χ0) is 16.1. The Kier molecular flexibility index (Phi) is 6.64. The molecule has 24 heavy (non-hydrogen) atoms. The highest BCUT2D eigenvalue weighted by Crippen LogP contribution is 2.27. The highest BCUT2D eigenvalue weighted by molar-refractivity contribution is 5.91. The van der Waals surface area contributed by atoms with Crippen LogP contribution in [0.1, 0.15) is 25.7 Å². The first-order chi connectivity index (χ1) is 11.2. The number of halogens is 1. The molecule has 2 aromatic carbocycles. The molecule has 2 atom stereocenters. The fourth-order valence-corrected chi connectivity index (χ4v) is 3.09. The Morgan fingerprint density at radius 2 is 1.58 bits per heavy atom. The standard InChI is InChI=1S/C19H23N3O.ClH/c20-18-8-4-5-14(18)13-19(23)22-17-11-9-16(10-12-17)21-15-6-2-1-3-7-15;/h1-3,6-7,9-12,14,18,21H,4-5,8,13,20H2,(H,22,23);1H/t14-,18+;/m0./s1. The van der Waals surface area contributed by atoms with Crippen molar-refractivity contribution in [1.82, 2.24) is 0 Å². The lowest BCUT2D eigenvalue weighted by Gasteiger charge is -2.15. The van der Waals surface area contributed by atoms with Crippen molar-refractivity contribution in [2.45, 2.75) is 31.7 Å². The Labute approximate surface area is 149 Å². The fourth-order valence-electron chi connectivity index (χ4n) is 3.09. The molecule has 0 radical (unpaired) electrons. The van der Waals surface area contributed by atoms with Crippen molar-refractivity contribution in [1.29, 1.82) is 0 Å². The van der Waals surface area contributed by atoms with Crippen LogP contribution in [0.15, 0.2) is 54.6 Å². The van der Waals surface area contributed by atoms with E-state index in [4.69, 9.17) is 5.73 Å². The van der Waals surface area contributed by atoms with E-state index in [0.29, 0.717) is 12.3 Å². The molecule has 4 nitrogen and oxygen atoms in total. The van der Waals surface area contributed by atoms with E-state index in [-0.39, 0.29) is 24.4 Å². The number of para-hydroxylation sites is 1. The van der Waals surface area contributed by atoms with Gasteiger partial charge in [0.1, 0.15) is 0 Å². The minimum absolute atomic E-state index is 0. The Balaban J connectivity index is 0.00000208. The molecule has 2 aromatic rings. The molecule has 0 heterocycles. The molecule has 3 rings (SSSR count). The minimum Gasteiger partial charge on any atom is -0.356 e. The largest absolute Gasteiger partial charge is 0.356 e. The Morgan fingerprint density at radius 1 is 0.958 bits per heavy atom. The third-order valence-corrected chi connectivity index (χ3v) is 4.40. The molecule has 1 aliphatic carbocycles. The molecule has 4 N–H and O–H groups in total. The predicted molar refractivity (Wildman–Crippen MR) is 102 cm³/mol. The number of nitrogens with one attached hydrogen (secondary N) is 2. The van der Waals surface area contributed by atoms with E-state index < -0.39 is 0 Å².